The predicted molar refractivity (Wildman–Crippen MR) is 83.3 cm³/mol. The fraction of sp³-hybridized carbons (Fsp3) is 0.500. The van der Waals surface area contributed by atoms with Crippen LogP contribution in [-0.4, -0.2) is 32.9 Å². The number of hydrogen-bond acceptors (Lipinski definition) is 4. The van der Waals surface area contributed by atoms with Crippen molar-refractivity contribution < 1.29 is 0 Å². The lowest BCUT2D eigenvalue weighted by molar-refractivity contribution is 0.138. The van der Waals surface area contributed by atoms with Crippen molar-refractivity contribution in [2.45, 2.75) is 45.3 Å². The van der Waals surface area contributed by atoms with E-state index in [-0.39, 0.29) is 5.56 Å². The predicted octanol–water partition coefficient (Wildman–Crippen LogP) is 1.31. The maximum atomic E-state index is 12.2. The zero-order chi connectivity index (χ0) is 15.0. The normalized spacial score (nSPS) is 23.6. The lowest BCUT2D eigenvalue weighted by Gasteiger charge is -2.36. The minimum absolute atomic E-state index is 0.0173. The van der Waals surface area contributed by atoms with Crippen LogP contribution in [0.2, 0.25) is 0 Å². The van der Waals surface area contributed by atoms with Crippen LogP contribution in [0.15, 0.2) is 29.2 Å². The van der Waals surface area contributed by atoms with Gasteiger partial charge < -0.3 is 5.73 Å². The average molecular weight is 286 g/mol. The highest BCUT2D eigenvalue weighted by atomic mass is 16.1. The van der Waals surface area contributed by atoms with Gasteiger partial charge in [0.25, 0.3) is 5.56 Å². The summed E-state index contributed by atoms with van der Waals surface area (Å²) in [4.78, 5) is 19.2. The Morgan fingerprint density at radius 1 is 1.43 bits per heavy atom. The highest BCUT2D eigenvalue weighted by Crippen LogP contribution is 2.18. The molecule has 0 bridgehead atoms. The first-order valence-corrected chi connectivity index (χ1v) is 7.51. The van der Waals surface area contributed by atoms with E-state index in [4.69, 9.17) is 5.73 Å². The maximum Gasteiger partial charge on any atom is 0.258 e. The first-order valence-electron chi connectivity index (χ1n) is 7.51. The molecule has 5 nitrogen and oxygen atoms in total. The standard InChI is InChI=1S/C16H22N4O/c1-11-3-6-20-15(7-11)18-14(9-16(20)21)10-19-5-4-13(17)8-12(19)2/h3,6-7,9,12-13H,4-5,8,10,17H2,1-2H3. The van der Waals surface area contributed by atoms with Crippen LogP contribution in [0.4, 0.5) is 0 Å². The van der Waals surface area contributed by atoms with Crippen LogP contribution in [0, 0.1) is 6.92 Å². The van der Waals surface area contributed by atoms with Gasteiger partial charge in [-0.2, -0.15) is 0 Å². The minimum atomic E-state index is -0.0173. The minimum Gasteiger partial charge on any atom is -0.328 e. The Kier molecular flexibility index (Phi) is 3.78. The Morgan fingerprint density at radius 3 is 3.00 bits per heavy atom. The van der Waals surface area contributed by atoms with E-state index >= 15 is 0 Å². The lowest BCUT2D eigenvalue weighted by atomic mass is 9.99. The van der Waals surface area contributed by atoms with Gasteiger partial charge in [0.2, 0.25) is 0 Å². The number of aryl methyl sites for hydroxylation is 1. The lowest BCUT2D eigenvalue weighted by Crippen LogP contribution is -2.45. The summed E-state index contributed by atoms with van der Waals surface area (Å²) in [7, 11) is 0. The van der Waals surface area contributed by atoms with Gasteiger partial charge in [-0.15, -0.1) is 0 Å². The second kappa shape index (κ2) is 5.58. The molecular weight excluding hydrogens is 264 g/mol. The van der Waals surface area contributed by atoms with Gasteiger partial charge in [-0.3, -0.25) is 14.1 Å². The highest BCUT2D eigenvalue weighted by Gasteiger charge is 2.23. The third-order valence-electron chi connectivity index (χ3n) is 4.30. The Labute approximate surface area is 124 Å². The molecule has 0 amide bonds. The highest BCUT2D eigenvalue weighted by molar-refractivity contribution is 5.41. The fourth-order valence-corrected chi connectivity index (χ4v) is 3.03. The SMILES string of the molecule is Cc1ccn2c(=O)cc(CN3CCC(N)CC3C)nc2c1. The van der Waals surface area contributed by atoms with E-state index in [0.29, 0.717) is 18.6 Å². The molecule has 2 N–H and O–H groups in total. The van der Waals surface area contributed by atoms with Crippen molar-refractivity contribution in [1.82, 2.24) is 14.3 Å². The van der Waals surface area contributed by atoms with Gasteiger partial charge in [-0.05, 0) is 44.4 Å². The summed E-state index contributed by atoms with van der Waals surface area (Å²) in [6, 6.07) is 6.24. The molecule has 3 rings (SSSR count). The molecule has 2 atom stereocenters. The van der Waals surface area contributed by atoms with Crippen molar-refractivity contribution in [3.63, 3.8) is 0 Å². The summed E-state index contributed by atoms with van der Waals surface area (Å²) in [5.41, 5.74) is 8.65. The van der Waals surface area contributed by atoms with Crippen LogP contribution < -0.4 is 11.3 Å². The van der Waals surface area contributed by atoms with E-state index in [1.807, 2.05) is 19.1 Å². The van der Waals surface area contributed by atoms with E-state index in [1.165, 1.54) is 0 Å². The summed E-state index contributed by atoms with van der Waals surface area (Å²) in [6.07, 6.45) is 3.80. The van der Waals surface area contributed by atoms with Crippen molar-refractivity contribution in [2.75, 3.05) is 6.54 Å². The van der Waals surface area contributed by atoms with Gasteiger partial charge in [0.05, 0.1) is 5.69 Å². The van der Waals surface area contributed by atoms with Gasteiger partial charge in [0, 0.05) is 37.4 Å². The van der Waals surface area contributed by atoms with Gasteiger partial charge in [0.15, 0.2) is 0 Å². The van der Waals surface area contributed by atoms with Crippen molar-refractivity contribution in [1.29, 1.82) is 0 Å². The van der Waals surface area contributed by atoms with Crippen LogP contribution in [0.3, 0.4) is 0 Å². The van der Waals surface area contributed by atoms with Crippen LogP contribution in [0.25, 0.3) is 5.65 Å². The van der Waals surface area contributed by atoms with Crippen molar-refractivity contribution in [3.05, 3.63) is 46.0 Å². The summed E-state index contributed by atoms with van der Waals surface area (Å²) >= 11 is 0. The molecule has 0 aromatic carbocycles. The fourth-order valence-electron chi connectivity index (χ4n) is 3.03. The van der Waals surface area contributed by atoms with Crippen LogP contribution in [-0.2, 0) is 6.54 Å². The molecule has 0 radical (unpaired) electrons. The quantitative estimate of drug-likeness (QED) is 0.904. The number of aromatic nitrogens is 2. The first-order chi connectivity index (χ1) is 10.0. The number of pyridine rings is 1. The molecule has 3 heterocycles. The smallest absolute Gasteiger partial charge is 0.258 e. The zero-order valence-electron chi connectivity index (χ0n) is 12.6. The Balaban J connectivity index is 1.89. The molecule has 5 heteroatoms. The van der Waals surface area contributed by atoms with Gasteiger partial charge in [0.1, 0.15) is 5.65 Å². The molecule has 0 saturated carbocycles. The molecule has 0 spiro atoms. The van der Waals surface area contributed by atoms with Crippen molar-refractivity contribution in [2.24, 2.45) is 5.73 Å². The second-order valence-corrected chi connectivity index (χ2v) is 6.12. The average Bonchev–Trinajstić information content (AvgIpc) is 2.41. The Bertz CT molecular complexity index is 709. The van der Waals surface area contributed by atoms with Gasteiger partial charge >= 0.3 is 0 Å². The summed E-state index contributed by atoms with van der Waals surface area (Å²) in [5.74, 6) is 0. The third kappa shape index (κ3) is 2.99. The third-order valence-corrected chi connectivity index (χ3v) is 4.30. The van der Waals surface area contributed by atoms with Gasteiger partial charge in [-0.25, -0.2) is 4.98 Å². The number of nitrogens with two attached hydrogens (primary N) is 1. The number of rotatable bonds is 2. The van der Waals surface area contributed by atoms with Gasteiger partial charge in [-0.1, -0.05) is 0 Å². The number of hydrogen-bond donors (Lipinski definition) is 1. The summed E-state index contributed by atoms with van der Waals surface area (Å²) in [5, 5.41) is 0. The molecular formula is C16H22N4O. The molecule has 0 aliphatic carbocycles. The summed E-state index contributed by atoms with van der Waals surface area (Å²) < 4.78 is 1.59. The molecule has 112 valence electrons. The Morgan fingerprint density at radius 2 is 2.24 bits per heavy atom. The van der Waals surface area contributed by atoms with E-state index in [2.05, 4.69) is 16.8 Å². The summed E-state index contributed by atoms with van der Waals surface area (Å²) in [6.45, 7) is 5.88. The van der Waals surface area contributed by atoms with Crippen LogP contribution in [0.1, 0.15) is 31.0 Å². The molecule has 2 aromatic heterocycles. The van der Waals surface area contributed by atoms with E-state index in [9.17, 15) is 4.79 Å². The molecule has 2 unspecified atom stereocenters. The molecule has 1 aliphatic rings. The Hall–Kier alpha value is -1.72. The number of likely N-dealkylation sites (tertiary alicyclic amines) is 1. The van der Waals surface area contributed by atoms with Crippen molar-refractivity contribution >= 4 is 5.65 Å². The monoisotopic (exact) mass is 286 g/mol. The molecule has 1 fully saturated rings. The van der Waals surface area contributed by atoms with Crippen LogP contribution in [0.5, 0.6) is 0 Å². The number of nitrogens with zero attached hydrogens (tertiary/aromatic N) is 3. The zero-order valence-corrected chi connectivity index (χ0v) is 12.6. The van der Waals surface area contributed by atoms with Crippen LogP contribution >= 0.6 is 0 Å². The molecule has 2 aromatic rings. The maximum absolute atomic E-state index is 12.2. The number of piperidine rings is 1. The largest absolute Gasteiger partial charge is 0.328 e. The molecule has 1 saturated heterocycles. The molecule has 21 heavy (non-hydrogen) atoms. The number of fused-ring (bicyclic) bond motifs is 1. The van der Waals surface area contributed by atoms with E-state index < -0.39 is 0 Å². The molecule has 1 aliphatic heterocycles. The van der Waals surface area contributed by atoms with E-state index in [0.717, 1.165) is 36.3 Å². The topological polar surface area (TPSA) is 63.6 Å². The van der Waals surface area contributed by atoms with Crippen molar-refractivity contribution in [3.8, 4) is 0 Å². The van der Waals surface area contributed by atoms with E-state index in [1.54, 1.807) is 16.7 Å². The second-order valence-electron chi connectivity index (χ2n) is 6.12. The first kappa shape index (κ1) is 14.2.